The van der Waals surface area contributed by atoms with Crippen molar-refractivity contribution in [2.24, 2.45) is 14.1 Å². The summed E-state index contributed by atoms with van der Waals surface area (Å²) in [6.45, 7) is 0. The van der Waals surface area contributed by atoms with E-state index in [1.54, 1.807) is 29.8 Å². The SMILES string of the molecule is Cn1c(=O)c(-c2ccc(Cl)cc2Cl)cc2c3cc(-c4nc(N)no4)ccc3n(C)c21. The lowest BCUT2D eigenvalue weighted by Gasteiger charge is -2.09. The number of pyridine rings is 1. The Morgan fingerprint density at radius 1 is 0.967 bits per heavy atom. The van der Waals surface area contributed by atoms with Crippen LogP contribution in [0.5, 0.6) is 0 Å². The smallest absolute Gasteiger partial charge is 0.261 e. The number of anilines is 1. The van der Waals surface area contributed by atoms with Crippen LogP contribution in [0.25, 0.3) is 44.5 Å². The topological polar surface area (TPSA) is 91.9 Å². The predicted molar refractivity (Wildman–Crippen MR) is 119 cm³/mol. The summed E-state index contributed by atoms with van der Waals surface area (Å²) in [6, 6.07) is 12.7. The molecule has 3 heterocycles. The number of fused-ring (bicyclic) bond motifs is 3. The van der Waals surface area contributed by atoms with Gasteiger partial charge >= 0.3 is 0 Å². The molecule has 2 N–H and O–H groups in total. The molecule has 0 aliphatic carbocycles. The Morgan fingerprint density at radius 3 is 2.47 bits per heavy atom. The molecule has 5 aromatic rings. The highest BCUT2D eigenvalue weighted by Crippen LogP contribution is 2.35. The standard InChI is InChI=1S/C21H15Cl2N5O2/c1-27-17-6-3-10(18-25-21(24)26-30-18)7-13(17)14-9-15(20(29)28(2)19(14)27)12-5-4-11(22)8-16(12)23/h3-9H,1-2H3,(H2,24,26). The van der Waals surface area contributed by atoms with E-state index in [-0.39, 0.29) is 11.5 Å². The molecule has 30 heavy (non-hydrogen) atoms. The van der Waals surface area contributed by atoms with Gasteiger partial charge in [0.25, 0.3) is 17.4 Å². The Labute approximate surface area is 180 Å². The molecule has 0 aliphatic heterocycles. The van der Waals surface area contributed by atoms with Gasteiger partial charge in [-0.1, -0.05) is 29.3 Å². The van der Waals surface area contributed by atoms with E-state index in [4.69, 9.17) is 33.5 Å². The summed E-state index contributed by atoms with van der Waals surface area (Å²) in [5.74, 6) is 0.405. The van der Waals surface area contributed by atoms with Gasteiger partial charge in [-0.3, -0.25) is 9.36 Å². The number of hydrogen-bond acceptors (Lipinski definition) is 5. The van der Waals surface area contributed by atoms with E-state index >= 15 is 0 Å². The second kappa shape index (κ2) is 6.62. The fraction of sp³-hybridized carbons (Fsp3) is 0.0952. The first-order valence-corrected chi connectivity index (χ1v) is 9.78. The lowest BCUT2D eigenvalue weighted by molar-refractivity contribution is 0.433. The summed E-state index contributed by atoms with van der Waals surface area (Å²) in [7, 11) is 3.67. The minimum atomic E-state index is -0.150. The molecule has 0 aliphatic rings. The summed E-state index contributed by atoms with van der Waals surface area (Å²) in [6.07, 6.45) is 0. The first kappa shape index (κ1) is 18.7. The quantitative estimate of drug-likeness (QED) is 0.432. The Balaban J connectivity index is 1.85. The van der Waals surface area contributed by atoms with Crippen LogP contribution in [-0.2, 0) is 14.1 Å². The molecule has 2 aromatic carbocycles. The average Bonchev–Trinajstić information content (AvgIpc) is 3.26. The van der Waals surface area contributed by atoms with Crippen molar-refractivity contribution < 1.29 is 4.52 Å². The highest BCUT2D eigenvalue weighted by molar-refractivity contribution is 6.36. The van der Waals surface area contributed by atoms with Gasteiger partial charge in [-0.25, -0.2) is 0 Å². The van der Waals surface area contributed by atoms with Crippen molar-refractivity contribution in [3.63, 3.8) is 0 Å². The van der Waals surface area contributed by atoms with Crippen LogP contribution in [-0.4, -0.2) is 19.3 Å². The van der Waals surface area contributed by atoms with Crippen molar-refractivity contribution in [2.45, 2.75) is 0 Å². The zero-order valence-electron chi connectivity index (χ0n) is 16.0. The molecule has 0 bridgehead atoms. The lowest BCUT2D eigenvalue weighted by Crippen LogP contribution is -2.20. The van der Waals surface area contributed by atoms with Crippen molar-refractivity contribution >= 4 is 51.1 Å². The molecule has 7 nitrogen and oxygen atoms in total. The second-order valence-corrected chi connectivity index (χ2v) is 7.88. The first-order chi connectivity index (χ1) is 14.3. The number of nitrogens with zero attached hydrogens (tertiary/aromatic N) is 4. The number of halogens is 2. The minimum absolute atomic E-state index is 0.0741. The Bertz CT molecular complexity index is 1530. The molecule has 0 amide bonds. The van der Waals surface area contributed by atoms with Crippen LogP contribution in [0.15, 0.2) is 51.8 Å². The molecular weight excluding hydrogens is 425 g/mol. The average molecular weight is 440 g/mol. The third-order valence-electron chi connectivity index (χ3n) is 5.26. The summed E-state index contributed by atoms with van der Waals surface area (Å²) >= 11 is 12.4. The van der Waals surface area contributed by atoms with Crippen LogP contribution in [0.4, 0.5) is 5.95 Å². The fourth-order valence-electron chi connectivity index (χ4n) is 3.88. The maximum Gasteiger partial charge on any atom is 0.261 e. The number of nitrogens with two attached hydrogens (primary N) is 1. The van der Waals surface area contributed by atoms with Crippen molar-refractivity contribution in [3.8, 4) is 22.6 Å². The van der Waals surface area contributed by atoms with Crippen LogP contribution in [0.3, 0.4) is 0 Å². The van der Waals surface area contributed by atoms with E-state index in [1.165, 1.54) is 0 Å². The van der Waals surface area contributed by atoms with Gasteiger partial charge in [0, 0.05) is 46.6 Å². The van der Waals surface area contributed by atoms with Crippen LogP contribution in [0.1, 0.15) is 0 Å². The molecule has 3 aromatic heterocycles. The van der Waals surface area contributed by atoms with Crippen molar-refractivity contribution in [3.05, 3.63) is 62.9 Å². The zero-order chi connectivity index (χ0) is 21.2. The summed E-state index contributed by atoms with van der Waals surface area (Å²) < 4.78 is 8.81. The molecule has 0 unspecified atom stereocenters. The van der Waals surface area contributed by atoms with E-state index in [0.29, 0.717) is 27.1 Å². The molecule has 0 saturated carbocycles. The normalized spacial score (nSPS) is 11.6. The monoisotopic (exact) mass is 439 g/mol. The number of benzene rings is 2. The van der Waals surface area contributed by atoms with Gasteiger partial charge in [0.15, 0.2) is 0 Å². The fourth-order valence-corrected chi connectivity index (χ4v) is 4.39. The Kier molecular flexibility index (Phi) is 4.13. The Hall–Kier alpha value is -3.29. The third kappa shape index (κ3) is 2.70. The molecule has 0 spiro atoms. The van der Waals surface area contributed by atoms with Crippen molar-refractivity contribution in [1.82, 2.24) is 19.3 Å². The Morgan fingerprint density at radius 2 is 1.77 bits per heavy atom. The number of nitrogen functional groups attached to an aromatic ring is 1. The largest absolute Gasteiger partial charge is 0.365 e. The molecule has 0 radical (unpaired) electrons. The highest BCUT2D eigenvalue weighted by atomic mass is 35.5. The van der Waals surface area contributed by atoms with Gasteiger partial charge < -0.3 is 14.8 Å². The van der Waals surface area contributed by atoms with Crippen LogP contribution in [0.2, 0.25) is 10.0 Å². The number of rotatable bonds is 2. The van der Waals surface area contributed by atoms with Crippen LogP contribution >= 0.6 is 23.2 Å². The van der Waals surface area contributed by atoms with E-state index in [9.17, 15) is 4.79 Å². The molecule has 0 saturated heterocycles. The molecular formula is C21H15Cl2N5O2. The summed E-state index contributed by atoms with van der Waals surface area (Å²) in [5.41, 5.74) is 9.03. The third-order valence-corrected chi connectivity index (χ3v) is 5.81. The van der Waals surface area contributed by atoms with E-state index in [2.05, 4.69) is 10.1 Å². The maximum absolute atomic E-state index is 13.2. The number of hydrogen-bond donors (Lipinski definition) is 1. The molecule has 0 fully saturated rings. The second-order valence-electron chi connectivity index (χ2n) is 7.03. The minimum Gasteiger partial charge on any atom is -0.365 e. The van der Waals surface area contributed by atoms with Gasteiger partial charge in [0.05, 0.1) is 10.5 Å². The molecule has 150 valence electrons. The zero-order valence-corrected chi connectivity index (χ0v) is 17.5. The number of aromatic nitrogens is 4. The predicted octanol–water partition coefficient (Wildman–Crippen LogP) is 4.64. The molecule has 9 heteroatoms. The van der Waals surface area contributed by atoms with Crippen LogP contribution < -0.4 is 11.3 Å². The van der Waals surface area contributed by atoms with Crippen molar-refractivity contribution in [2.75, 3.05) is 5.73 Å². The maximum atomic E-state index is 13.2. The lowest BCUT2D eigenvalue weighted by atomic mass is 10.0. The molecule has 0 atom stereocenters. The summed E-state index contributed by atoms with van der Waals surface area (Å²) in [5, 5.41) is 6.41. The van der Waals surface area contributed by atoms with E-state index in [0.717, 1.165) is 27.5 Å². The van der Waals surface area contributed by atoms with E-state index in [1.807, 2.05) is 35.9 Å². The van der Waals surface area contributed by atoms with Gasteiger partial charge in [-0.15, -0.1) is 0 Å². The summed E-state index contributed by atoms with van der Waals surface area (Å²) in [4.78, 5) is 17.3. The van der Waals surface area contributed by atoms with Gasteiger partial charge in [-0.2, -0.15) is 4.98 Å². The van der Waals surface area contributed by atoms with Crippen LogP contribution in [0, 0.1) is 0 Å². The van der Waals surface area contributed by atoms with E-state index < -0.39 is 0 Å². The first-order valence-electron chi connectivity index (χ1n) is 9.02. The van der Waals surface area contributed by atoms with Gasteiger partial charge in [-0.05, 0) is 41.6 Å². The number of aryl methyl sites for hydroxylation is 2. The highest BCUT2D eigenvalue weighted by Gasteiger charge is 2.18. The van der Waals surface area contributed by atoms with Gasteiger partial charge in [0.2, 0.25) is 0 Å². The van der Waals surface area contributed by atoms with Crippen molar-refractivity contribution in [1.29, 1.82) is 0 Å². The van der Waals surface area contributed by atoms with Gasteiger partial charge in [0.1, 0.15) is 5.65 Å². The molecule has 5 rings (SSSR count).